The Balaban J connectivity index is 2.84. The molecule has 1 atom stereocenters. The van der Waals surface area contributed by atoms with Crippen LogP contribution in [0.1, 0.15) is 47.5 Å². The first kappa shape index (κ1) is 10.6. The van der Waals surface area contributed by atoms with Crippen LogP contribution < -0.4 is 0 Å². The molecule has 0 aromatic rings. The molecule has 1 aliphatic heterocycles. The summed E-state index contributed by atoms with van der Waals surface area (Å²) >= 11 is 0. The maximum Gasteiger partial charge on any atom is 0.223 e. The first-order chi connectivity index (χ1) is 5.84. The fourth-order valence-corrected chi connectivity index (χ4v) is 2.21. The number of hydrogen-bond donors (Lipinski definition) is 0. The fourth-order valence-electron chi connectivity index (χ4n) is 2.21. The van der Waals surface area contributed by atoms with Crippen molar-refractivity contribution in [1.82, 2.24) is 4.90 Å². The molecule has 0 spiro atoms. The number of rotatable bonds is 1. The Bertz CT molecular complexity index is 203. The summed E-state index contributed by atoms with van der Waals surface area (Å²) in [6.45, 7) is 10.7. The molecule has 13 heavy (non-hydrogen) atoms. The molecule has 0 aliphatic carbocycles. The van der Waals surface area contributed by atoms with E-state index in [4.69, 9.17) is 0 Å². The highest BCUT2D eigenvalue weighted by Crippen LogP contribution is 2.31. The lowest BCUT2D eigenvalue weighted by molar-refractivity contribution is -0.134. The predicted octanol–water partition coefficient (Wildman–Crippen LogP) is 2.43. The van der Waals surface area contributed by atoms with Gasteiger partial charge in [0.15, 0.2) is 0 Å². The van der Waals surface area contributed by atoms with Crippen molar-refractivity contribution in [3.8, 4) is 0 Å². The number of hydrogen-bond acceptors (Lipinski definition) is 1. The van der Waals surface area contributed by atoms with Gasteiger partial charge in [-0.05, 0) is 33.1 Å². The molecular formula is C11H21NO. The van der Waals surface area contributed by atoms with Crippen LogP contribution in [-0.2, 0) is 4.79 Å². The molecule has 0 N–H and O–H groups in total. The topological polar surface area (TPSA) is 20.3 Å². The Kier molecular flexibility index (Phi) is 2.69. The van der Waals surface area contributed by atoms with Gasteiger partial charge >= 0.3 is 0 Å². The minimum Gasteiger partial charge on any atom is -0.335 e. The van der Waals surface area contributed by atoms with Gasteiger partial charge in [0.2, 0.25) is 5.91 Å². The third kappa shape index (κ3) is 2.04. The van der Waals surface area contributed by atoms with Gasteiger partial charge in [0.05, 0.1) is 0 Å². The van der Waals surface area contributed by atoms with Gasteiger partial charge in [-0.15, -0.1) is 0 Å². The standard InChI is InChI=1S/C11H21NO/c1-8(2)9-6-7-10(13)12(9)11(3,4)5/h8-9H,6-7H2,1-5H3. The number of amides is 1. The van der Waals surface area contributed by atoms with Gasteiger partial charge in [-0.3, -0.25) is 4.79 Å². The van der Waals surface area contributed by atoms with Crippen LogP contribution in [-0.4, -0.2) is 22.4 Å². The zero-order chi connectivity index (χ0) is 10.2. The Hall–Kier alpha value is -0.530. The maximum absolute atomic E-state index is 11.7. The Morgan fingerprint density at radius 1 is 1.38 bits per heavy atom. The molecule has 0 radical (unpaired) electrons. The molecule has 1 amide bonds. The van der Waals surface area contributed by atoms with E-state index >= 15 is 0 Å². The van der Waals surface area contributed by atoms with Gasteiger partial charge in [0.25, 0.3) is 0 Å². The molecule has 0 saturated carbocycles. The fraction of sp³-hybridized carbons (Fsp3) is 0.909. The van der Waals surface area contributed by atoms with E-state index in [-0.39, 0.29) is 5.54 Å². The molecule has 1 fully saturated rings. The van der Waals surface area contributed by atoms with Crippen molar-refractivity contribution in [2.75, 3.05) is 0 Å². The van der Waals surface area contributed by atoms with Crippen molar-refractivity contribution in [3.63, 3.8) is 0 Å². The molecule has 0 bridgehead atoms. The van der Waals surface area contributed by atoms with E-state index in [2.05, 4.69) is 39.5 Å². The normalized spacial score (nSPS) is 24.6. The minimum atomic E-state index is -0.0114. The molecule has 2 heteroatoms. The first-order valence-electron chi connectivity index (χ1n) is 5.16. The van der Waals surface area contributed by atoms with Gasteiger partial charge in [-0.2, -0.15) is 0 Å². The molecule has 0 aromatic carbocycles. The third-order valence-corrected chi connectivity index (χ3v) is 2.75. The van der Waals surface area contributed by atoms with Gasteiger partial charge in [0, 0.05) is 18.0 Å². The van der Waals surface area contributed by atoms with Crippen molar-refractivity contribution < 1.29 is 4.79 Å². The average Bonchev–Trinajstić information content (AvgIpc) is 2.28. The zero-order valence-electron chi connectivity index (χ0n) is 9.42. The number of likely N-dealkylation sites (tertiary alicyclic amines) is 1. The molecule has 76 valence electrons. The van der Waals surface area contributed by atoms with Gasteiger partial charge < -0.3 is 4.90 Å². The van der Waals surface area contributed by atoms with E-state index in [0.29, 0.717) is 17.9 Å². The summed E-state index contributed by atoms with van der Waals surface area (Å²) in [7, 11) is 0. The highest BCUT2D eigenvalue weighted by molar-refractivity contribution is 5.79. The summed E-state index contributed by atoms with van der Waals surface area (Å²) in [6, 6.07) is 0.451. The second-order valence-electron chi connectivity index (χ2n) is 5.28. The monoisotopic (exact) mass is 183 g/mol. The van der Waals surface area contributed by atoms with Crippen LogP contribution in [0.3, 0.4) is 0 Å². The lowest BCUT2D eigenvalue weighted by Crippen LogP contribution is -2.48. The van der Waals surface area contributed by atoms with Crippen molar-refractivity contribution in [2.24, 2.45) is 5.92 Å². The van der Waals surface area contributed by atoms with Crippen molar-refractivity contribution in [2.45, 2.75) is 59.0 Å². The SMILES string of the molecule is CC(C)C1CCC(=O)N1C(C)(C)C. The minimum absolute atomic E-state index is 0.0114. The molecule has 1 heterocycles. The molecule has 1 unspecified atom stereocenters. The van der Waals surface area contributed by atoms with E-state index in [1.165, 1.54) is 0 Å². The maximum atomic E-state index is 11.7. The van der Waals surface area contributed by atoms with Gasteiger partial charge in [-0.1, -0.05) is 13.8 Å². The summed E-state index contributed by atoms with van der Waals surface area (Å²) in [4.78, 5) is 13.7. The largest absolute Gasteiger partial charge is 0.335 e. The highest BCUT2D eigenvalue weighted by atomic mass is 16.2. The van der Waals surface area contributed by atoms with Crippen molar-refractivity contribution >= 4 is 5.91 Å². The van der Waals surface area contributed by atoms with E-state index < -0.39 is 0 Å². The Labute approximate surface area is 81.3 Å². The van der Waals surface area contributed by atoms with E-state index in [0.717, 1.165) is 12.8 Å². The van der Waals surface area contributed by atoms with Crippen LogP contribution >= 0.6 is 0 Å². The van der Waals surface area contributed by atoms with E-state index in [9.17, 15) is 4.79 Å². The zero-order valence-corrected chi connectivity index (χ0v) is 9.42. The predicted molar refractivity (Wildman–Crippen MR) is 54.5 cm³/mol. The molecule has 1 aliphatic rings. The second-order valence-corrected chi connectivity index (χ2v) is 5.28. The molecule has 0 aromatic heterocycles. The summed E-state index contributed by atoms with van der Waals surface area (Å²) in [6.07, 6.45) is 1.77. The first-order valence-corrected chi connectivity index (χ1v) is 5.16. The van der Waals surface area contributed by atoms with Gasteiger partial charge in [0.1, 0.15) is 0 Å². The number of nitrogens with zero attached hydrogens (tertiary/aromatic N) is 1. The summed E-state index contributed by atoms with van der Waals surface area (Å²) < 4.78 is 0. The van der Waals surface area contributed by atoms with Crippen LogP contribution in [0.15, 0.2) is 0 Å². The van der Waals surface area contributed by atoms with E-state index in [1.807, 2.05) is 0 Å². The van der Waals surface area contributed by atoms with Crippen LogP contribution in [0.5, 0.6) is 0 Å². The lowest BCUT2D eigenvalue weighted by atomic mass is 9.97. The average molecular weight is 183 g/mol. The molecule has 1 rings (SSSR count). The van der Waals surface area contributed by atoms with Gasteiger partial charge in [-0.25, -0.2) is 0 Å². The van der Waals surface area contributed by atoms with Crippen LogP contribution in [0, 0.1) is 5.92 Å². The Morgan fingerprint density at radius 3 is 2.23 bits per heavy atom. The highest BCUT2D eigenvalue weighted by Gasteiger charge is 2.39. The second kappa shape index (κ2) is 3.32. The number of carbonyl (C=O) groups excluding carboxylic acids is 1. The summed E-state index contributed by atoms with van der Waals surface area (Å²) in [5.74, 6) is 0.900. The van der Waals surface area contributed by atoms with Crippen molar-refractivity contribution in [3.05, 3.63) is 0 Å². The Morgan fingerprint density at radius 2 is 1.92 bits per heavy atom. The lowest BCUT2D eigenvalue weighted by Gasteiger charge is -2.39. The molecule has 1 saturated heterocycles. The summed E-state index contributed by atoms with van der Waals surface area (Å²) in [5, 5.41) is 0. The van der Waals surface area contributed by atoms with Crippen LogP contribution in [0.2, 0.25) is 0 Å². The quantitative estimate of drug-likeness (QED) is 0.611. The van der Waals surface area contributed by atoms with E-state index in [1.54, 1.807) is 0 Å². The summed E-state index contributed by atoms with van der Waals surface area (Å²) in [5.41, 5.74) is -0.0114. The molecular weight excluding hydrogens is 162 g/mol. The van der Waals surface area contributed by atoms with Crippen molar-refractivity contribution in [1.29, 1.82) is 0 Å². The van der Waals surface area contributed by atoms with Crippen LogP contribution in [0.25, 0.3) is 0 Å². The third-order valence-electron chi connectivity index (χ3n) is 2.75. The number of carbonyl (C=O) groups is 1. The molecule has 2 nitrogen and oxygen atoms in total. The smallest absolute Gasteiger partial charge is 0.223 e. The van der Waals surface area contributed by atoms with Crippen LogP contribution in [0.4, 0.5) is 0 Å².